The molecular weight excluding hydrogens is 238 g/mol. The van der Waals surface area contributed by atoms with Gasteiger partial charge in [-0.15, -0.1) is 0 Å². The zero-order chi connectivity index (χ0) is 14.4. The smallest absolute Gasteiger partial charge is 0.253 e. The van der Waals surface area contributed by atoms with Gasteiger partial charge in [0.1, 0.15) is 0 Å². The molecule has 1 N–H and O–H groups in total. The van der Waals surface area contributed by atoms with Crippen molar-refractivity contribution in [1.82, 2.24) is 4.90 Å². The number of rotatable bonds is 5. The molecule has 0 saturated heterocycles. The first kappa shape index (κ1) is 15.0. The average molecular weight is 259 g/mol. The number of nitrogens with zero attached hydrogens (tertiary/aromatic N) is 2. The minimum atomic E-state index is -0.157. The quantitative estimate of drug-likeness (QED) is 0.884. The topological polar surface area (TPSA) is 56.1 Å². The van der Waals surface area contributed by atoms with Crippen LogP contribution >= 0.6 is 0 Å². The van der Waals surface area contributed by atoms with E-state index in [0.29, 0.717) is 12.1 Å². The van der Waals surface area contributed by atoms with E-state index in [4.69, 9.17) is 5.26 Å². The Labute approximate surface area is 115 Å². The molecule has 0 radical (unpaired) electrons. The Morgan fingerprint density at radius 2 is 2.21 bits per heavy atom. The molecule has 1 aromatic rings. The van der Waals surface area contributed by atoms with Crippen LogP contribution in [0.4, 0.5) is 5.69 Å². The van der Waals surface area contributed by atoms with Crippen molar-refractivity contribution in [2.24, 2.45) is 5.92 Å². The summed E-state index contributed by atoms with van der Waals surface area (Å²) in [6.07, 6.45) is 0. The highest BCUT2D eigenvalue weighted by atomic mass is 16.2. The molecule has 0 aliphatic rings. The Morgan fingerprint density at radius 3 is 2.74 bits per heavy atom. The van der Waals surface area contributed by atoms with Crippen LogP contribution in [0.1, 0.15) is 29.8 Å². The lowest BCUT2D eigenvalue weighted by atomic mass is 10.1. The van der Waals surface area contributed by atoms with Crippen LogP contribution in [-0.4, -0.2) is 30.9 Å². The predicted molar refractivity (Wildman–Crippen MR) is 77.1 cm³/mol. The van der Waals surface area contributed by atoms with Crippen molar-refractivity contribution in [3.63, 3.8) is 0 Å². The molecule has 0 aliphatic carbocycles. The van der Waals surface area contributed by atoms with E-state index in [1.54, 1.807) is 11.9 Å². The maximum absolute atomic E-state index is 12.3. The molecule has 4 nitrogen and oxygen atoms in total. The third-order valence-electron chi connectivity index (χ3n) is 2.95. The van der Waals surface area contributed by atoms with Crippen LogP contribution in [0, 0.1) is 24.2 Å². The van der Waals surface area contributed by atoms with Gasteiger partial charge in [-0.05, 0) is 44.5 Å². The molecule has 4 heteroatoms. The van der Waals surface area contributed by atoms with Gasteiger partial charge < -0.3 is 10.2 Å². The third kappa shape index (κ3) is 3.99. The number of hydrogen-bond acceptors (Lipinski definition) is 3. The fourth-order valence-electron chi connectivity index (χ4n) is 1.96. The number of anilines is 1. The Bertz CT molecular complexity index is 491. The zero-order valence-electron chi connectivity index (χ0n) is 12.0. The Balaban J connectivity index is 2.85. The van der Waals surface area contributed by atoms with E-state index < -0.39 is 0 Å². The van der Waals surface area contributed by atoms with Crippen LogP contribution in [0.15, 0.2) is 18.2 Å². The number of amides is 1. The summed E-state index contributed by atoms with van der Waals surface area (Å²) in [5, 5.41) is 12.0. The van der Waals surface area contributed by atoms with E-state index in [9.17, 15) is 4.79 Å². The summed E-state index contributed by atoms with van der Waals surface area (Å²) >= 11 is 0. The predicted octanol–water partition coefficient (Wildman–Crippen LogP) is 2.66. The molecule has 0 aliphatic heterocycles. The van der Waals surface area contributed by atoms with Crippen LogP contribution < -0.4 is 5.32 Å². The maximum Gasteiger partial charge on any atom is 0.253 e. The number of hydrogen-bond donors (Lipinski definition) is 1. The number of carbonyl (C=O) groups excluding carboxylic acids is 1. The minimum absolute atomic E-state index is 0.0392. The van der Waals surface area contributed by atoms with Gasteiger partial charge in [0.05, 0.1) is 12.0 Å². The van der Waals surface area contributed by atoms with Crippen LogP contribution in [0.3, 0.4) is 0 Å². The van der Waals surface area contributed by atoms with Gasteiger partial charge in [-0.1, -0.05) is 0 Å². The molecule has 0 spiro atoms. The second-order valence-corrected chi connectivity index (χ2v) is 4.78. The lowest BCUT2D eigenvalue weighted by molar-refractivity contribution is 0.0784. The maximum atomic E-state index is 12.3. The van der Waals surface area contributed by atoms with Gasteiger partial charge in [-0.2, -0.15) is 5.26 Å². The first-order chi connectivity index (χ1) is 8.99. The van der Waals surface area contributed by atoms with Crippen molar-refractivity contribution in [3.8, 4) is 6.07 Å². The van der Waals surface area contributed by atoms with E-state index in [-0.39, 0.29) is 11.8 Å². The van der Waals surface area contributed by atoms with E-state index in [1.165, 1.54) is 0 Å². The first-order valence-electron chi connectivity index (χ1n) is 6.49. The SMILES string of the molecule is CCNc1ccc(C(=O)N(C)CC(C)C#N)c(C)c1. The molecule has 0 fully saturated rings. The number of nitriles is 1. The molecule has 0 bridgehead atoms. The van der Waals surface area contributed by atoms with Gasteiger partial charge in [-0.25, -0.2) is 0 Å². The normalized spacial score (nSPS) is 11.5. The van der Waals surface area contributed by atoms with Crippen molar-refractivity contribution >= 4 is 11.6 Å². The third-order valence-corrected chi connectivity index (χ3v) is 2.95. The van der Waals surface area contributed by atoms with Crippen LogP contribution in [0.5, 0.6) is 0 Å². The second-order valence-electron chi connectivity index (χ2n) is 4.78. The zero-order valence-corrected chi connectivity index (χ0v) is 12.0. The Hall–Kier alpha value is -2.02. The monoisotopic (exact) mass is 259 g/mol. The first-order valence-corrected chi connectivity index (χ1v) is 6.49. The van der Waals surface area contributed by atoms with Crippen molar-refractivity contribution in [1.29, 1.82) is 5.26 Å². The standard InChI is InChI=1S/C15H21N3O/c1-5-17-13-6-7-14(12(3)8-13)15(19)18(4)10-11(2)9-16/h6-8,11,17H,5,10H2,1-4H3. The molecule has 1 atom stereocenters. The van der Waals surface area contributed by atoms with Gasteiger partial charge in [-0.3, -0.25) is 4.79 Å². The molecule has 0 aromatic heterocycles. The van der Waals surface area contributed by atoms with Crippen molar-refractivity contribution in [2.45, 2.75) is 20.8 Å². The lowest BCUT2D eigenvalue weighted by Gasteiger charge is -2.19. The summed E-state index contributed by atoms with van der Waals surface area (Å²) in [6.45, 7) is 7.07. The molecule has 1 aromatic carbocycles. The molecule has 0 saturated carbocycles. The van der Waals surface area contributed by atoms with Crippen LogP contribution in [0.25, 0.3) is 0 Å². The number of aryl methyl sites for hydroxylation is 1. The van der Waals surface area contributed by atoms with Crippen molar-refractivity contribution in [3.05, 3.63) is 29.3 Å². The van der Waals surface area contributed by atoms with Crippen molar-refractivity contribution in [2.75, 3.05) is 25.5 Å². The summed E-state index contributed by atoms with van der Waals surface area (Å²) in [5.41, 5.74) is 2.65. The van der Waals surface area contributed by atoms with Crippen molar-refractivity contribution < 1.29 is 4.79 Å². The van der Waals surface area contributed by atoms with E-state index in [2.05, 4.69) is 11.4 Å². The summed E-state index contributed by atoms with van der Waals surface area (Å²) < 4.78 is 0. The fraction of sp³-hybridized carbons (Fsp3) is 0.467. The van der Waals surface area contributed by atoms with Gasteiger partial charge >= 0.3 is 0 Å². The largest absolute Gasteiger partial charge is 0.385 e. The molecular formula is C15H21N3O. The van der Waals surface area contributed by atoms with E-state index >= 15 is 0 Å². The highest BCUT2D eigenvalue weighted by molar-refractivity contribution is 5.96. The Kier molecular flexibility index (Phi) is 5.37. The summed E-state index contributed by atoms with van der Waals surface area (Å²) in [5.74, 6) is -0.196. The summed E-state index contributed by atoms with van der Waals surface area (Å²) in [4.78, 5) is 13.9. The molecule has 19 heavy (non-hydrogen) atoms. The van der Waals surface area contributed by atoms with Gasteiger partial charge in [0.25, 0.3) is 5.91 Å². The molecule has 1 rings (SSSR count). The highest BCUT2D eigenvalue weighted by Crippen LogP contribution is 2.17. The highest BCUT2D eigenvalue weighted by Gasteiger charge is 2.16. The minimum Gasteiger partial charge on any atom is -0.385 e. The van der Waals surface area contributed by atoms with Gasteiger partial charge in [0.15, 0.2) is 0 Å². The number of carbonyl (C=O) groups is 1. The second kappa shape index (κ2) is 6.79. The summed E-state index contributed by atoms with van der Waals surface area (Å²) in [7, 11) is 1.73. The molecule has 1 unspecified atom stereocenters. The van der Waals surface area contributed by atoms with Crippen LogP contribution in [-0.2, 0) is 0 Å². The lowest BCUT2D eigenvalue weighted by Crippen LogP contribution is -2.31. The molecule has 102 valence electrons. The Morgan fingerprint density at radius 1 is 1.53 bits per heavy atom. The molecule has 0 heterocycles. The molecule has 1 amide bonds. The van der Waals surface area contributed by atoms with Crippen LogP contribution in [0.2, 0.25) is 0 Å². The number of benzene rings is 1. The number of nitrogens with one attached hydrogen (secondary N) is 1. The van der Waals surface area contributed by atoms with Gasteiger partial charge in [0.2, 0.25) is 0 Å². The summed E-state index contributed by atoms with van der Waals surface area (Å²) in [6, 6.07) is 7.85. The fourth-order valence-corrected chi connectivity index (χ4v) is 1.96. The van der Waals surface area contributed by atoms with Gasteiger partial charge in [0, 0.05) is 31.4 Å². The average Bonchev–Trinajstić information content (AvgIpc) is 2.38. The van der Waals surface area contributed by atoms with E-state index in [1.807, 2.05) is 39.0 Å². The van der Waals surface area contributed by atoms with E-state index in [0.717, 1.165) is 17.8 Å².